The summed E-state index contributed by atoms with van der Waals surface area (Å²) in [5, 5.41) is 10.1. The van der Waals surface area contributed by atoms with Crippen molar-refractivity contribution in [2.45, 2.75) is 0 Å². The Kier molecular flexibility index (Phi) is 5.21. The lowest BCUT2D eigenvalue weighted by molar-refractivity contribution is 0.102. The highest BCUT2D eigenvalue weighted by atomic mass is 19.1. The van der Waals surface area contributed by atoms with Gasteiger partial charge in [-0.2, -0.15) is 0 Å². The number of ether oxygens (including phenoxy) is 1. The Morgan fingerprint density at radius 2 is 1.77 bits per heavy atom. The Balaban J connectivity index is 1.96. The summed E-state index contributed by atoms with van der Waals surface area (Å²) >= 11 is 0. The maximum atomic E-state index is 12.8. The number of carbonyl (C=O) groups excluding carboxylic acids is 1. The second-order valence-electron chi connectivity index (χ2n) is 4.58. The monoisotopic (exact) mass is 301 g/mol. The van der Waals surface area contributed by atoms with Crippen molar-refractivity contribution in [3.8, 4) is 5.75 Å². The number of nitrogens with two attached hydrogens (primary N) is 1. The zero-order valence-electron chi connectivity index (χ0n) is 11.8. The van der Waals surface area contributed by atoms with Crippen molar-refractivity contribution in [2.24, 2.45) is 5.73 Å². The summed E-state index contributed by atoms with van der Waals surface area (Å²) in [5.41, 5.74) is 6.56. The summed E-state index contributed by atoms with van der Waals surface area (Å²) in [7, 11) is 0. The van der Waals surface area contributed by atoms with E-state index in [1.807, 2.05) is 0 Å². The molecule has 0 saturated carbocycles. The van der Waals surface area contributed by atoms with E-state index in [-0.39, 0.29) is 30.6 Å². The van der Waals surface area contributed by atoms with E-state index in [0.717, 1.165) is 0 Å². The largest absolute Gasteiger partial charge is 0.488 e. The van der Waals surface area contributed by atoms with E-state index >= 15 is 0 Å². The van der Waals surface area contributed by atoms with E-state index in [2.05, 4.69) is 5.32 Å². The van der Waals surface area contributed by atoms with Crippen LogP contribution in [0, 0.1) is 11.2 Å². The van der Waals surface area contributed by atoms with Gasteiger partial charge in [0.05, 0.1) is 5.71 Å². The minimum Gasteiger partial charge on any atom is -0.488 e. The summed E-state index contributed by atoms with van der Waals surface area (Å²) in [6.45, 7) is 0.274. The first-order chi connectivity index (χ1) is 10.6. The van der Waals surface area contributed by atoms with Crippen LogP contribution < -0.4 is 15.8 Å². The number of benzene rings is 2. The van der Waals surface area contributed by atoms with Crippen molar-refractivity contribution in [2.75, 3.05) is 18.5 Å². The normalized spacial score (nSPS) is 10.1. The molecule has 0 bridgehead atoms. The third kappa shape index (κ3) is 4.39. The predicted molar refractivity (Wildman–Crippen MR) is 83.1 cm³/mol. The second kappa shape index (κ2) is 7.33. The number of halogens is 1. The van der Waals surface area contributed by atoms with Crippen molar-refractivity contribution in [1.82, 2.24) is 0 Å². The first kappa shape index (κ1) is 15.7. The Morgan fingerprint density at radius 3 is 2.36 bits per heavy atom. The molecule has 0 aliphatic carbocycles. The maximum Gasteiger partial charge on any atom is 0.255 e. The van der Waals surface area contributed by atoms with Crippen LogP contribution in [0.15, 0.2) is 48.5 Å². The number of carbonyl (C=O) groups is 1. The smallest absolute Gasteiger partial charge is 0.255 e. The third-order valence-electron chi connectivity index (χ3n) is 2.88. The van der Waals surface area contributed by atoms with Crippen LogP contribution in [0.4, 0.5) is 10.1 Å². The van der Waals surface area contributed by atoms with Crippen molar-refractivity contribution < 1.29 is 13.9 Å². The highest BCUT2D eigenvalue weighted by molar-refractivity contribution is 6.04. The van der Waals surface area contributed by atoms with E-state index in [4.69, 9.17) is 15.9 Å². The van der Waals surface area contributed by atoms with Gasteiger partial charge in [0.25, 0.3) is 5.91 Å². The van der Waals surface area contributed by atoms with Gasteiger partial charge < -0.3 is 21.2 Å². The zero-order valence-corrected chi connectivity index (χ0v) is 11.8. The van der Waals surface area contributed by atoms with Gasteiger partial charge in [-0.1, -0.05) is 0 Å². The molecular weight excluding hydrogens is 285 g/mol. The van der Waals surface area contributed by atoms with Gasteiger partial charge in [0.15, 0.2) is 0 Å². The zero-order chi connectivity index (χ0) is 15.9. The highest BCUT2D eigenvalue weighted by Crippen LogP contribution is 2.14. The Bertz CT molecular complexity index is 654. The molecule has 2 aromatic rings. The molecule has 1 amide bonds. The minimum atomic E-state index is -0.359. The van der Waals surface area contributed by atoms with Crippen LogP contribution in [0.5, 0.6) is 5.75 Å². The number of hydrogen-bond acceptors (Lipinski definition) is 4. The standard InChI is InChI=1S/C16H16FN3O2/c17-12-3-5-14(6-4-12)20-16(21)11-1-7-15(8-2-11)22-10-13(19)9-18/h1-8,19H,9-10,18H2,(H,20,21). The summed E-state index contributed by atoms with van der Waals surface area (Å²) < 4.78 is 18.1. The lowest BCUT2D eigenvalue weighted by atomic mass is 10.2. The summed E-state index contributed by atoms with van der Waals surface area (Å²) in [5.74, 6) is -0.105. The molecule has 0 unspecified atom stereocenters. The second-order valence-corrected chi connectivity index (χ2v) is 4.58. The van der Waals surface area contributed by atoms with Crippen molar-refractivity contribution >= 4 is 17.3 Å². The van der Waals surface area contributed by atoms with Crippen LogP contribution in [-0.2, 0) is 0 Å². The third-order valence-corrected chi connectivity index (χ3v) is 2.88. The number of amides is 1. The number of hydrogen-bond donors (Lipinski definition) is 3. The highest BCUT2D eigenvalue weighted by Gasteiger charge is 2.06. The van der Waals surface area contributed by atoms with E-state index in [1.165, 1.54) is 24.3 Å². The number of nitrogens with one attached hydrogen (secondary N) is 2. The summed E-state index contributed by atoms with van der Waals surface area (Å²) in [6, 6.07) is 12.0. The molecule has 5 nitrogen and oxygen atoms in total. The molecule has 0 spiro atoms. The fraction of sp³-hybridized carbons (Fsp3) is 0.125. The topological polar surface area (TPSA) is 88.2 Å². The van der Waals surface area contributed by atoms with Crippen LogP contribution in [0.25, 0.3) is 0 Å². The molecule has 2 aromatic carbocycles. The molecule has 114 valence electrons. The van der Waals surface area contributed by atoms with Crippen LogP contribution in [0.2, 0.25) is 0 Å². The SMILES string of the molecule is N=C(CN)COc1ccc(C(=O)Nc2ccc(F)cc2)cc1. The fourth-order valence-electron chi connectivity index (χ4n) is 1.67. The van der Waals surface area contributed by atoms with Gasteiger partial charge in [0, 0.05) is 17.8 Å². The molecule has 0 radical (unpaired) electrons. The Labute approximate surface area is 127 Å². The molecule has 0 saturated heterocycles. The molecule has 0 fully saturated rings. The number of rotatable bonds is 6. The van der Waals surface area contributed by atoms with Gasteiger partial charge in [-0.15, -0.1) is 0 Å². The van der Waals surface area contributed by atoms with E-state index in [1.54, 1.807) is 24.3 Å². The fourth-order valence-corrected chi connectivity index (χ4v) is 1.67. The number of anilines is 1. The van der Waals surface area contributed by atoms with Gasteiger partial charge in [-0.3, -0.25) is 4.79 Å². The molecular formula is C16H16FN3O2. The minimum absolute atomic E-state index is 0.123. The van der Waals surface area contributed by atoms with Crippen LogP contribution in [-0.4, -0.2) is 24.8 Å². The van der Waals surface area contributed by atoms with E-state index in [9.17, 15) is 9.18 Å². The molecule has 0 aromatic heterocycles. The van der Waals surface area contributed by atoms with Gasteiger partial charge in [-0.25, -0.2) is 4.39 Å². The molecule has 0 heterocycles. The van der Waals surface area contributed by atoms with Gasteiger partial charge in [0.1, 0.15) is 18.2 Å². The molecule has 6 heteroatoms. The van der Waals surface area contributed by atoms with Crippen molar-refractivity contribution in [3.05, 3.63) is 59.9 Å². The quantitative estimate of drug-likeness (QED) is 0.716. The first-order valence-corrected chi connectivity index (χ1v) is 6.64. The lowest BCUT2D eigenvalue weighted by Gasteiger charge is -2.08. The molecule has 22 heavy (non-hydrogen) atoms. The van der Waals surface area contributed by atoms with Gasteiger partial charge >= 0.3 is 0 Å². The summed E-state index contributed by atoms with van der Waals surface area (Å²) in [6.07, 6.45) is 0. The Hall–Kier alpha value is -2.73. The average molecular weight is 301 g/mol. The van der Waals surface area contributed by atoms with Crippen molar-refractivity contribution in [1.29, 1.82) is 5.41 Å². The van der Waals surface area contributed by atoms with Gasteiger partial charge in [0.2, 0.25) is 0 Å². The molecule has 0 aliphatic heterocycles. The van der Waals surface area contributed by atoms with Crippen molar-refractivity contribution in [3.63, 3.8) is 0 Å². The maximum absolute atomic E-state index is 12.8. The first-order valence-electron chi connectivity index (χ1n) is 6.64. The van der Waals surface area contributed by atoms with Gasteiger partial charge in [-0.05, 0) is 48.5 Å². The Morgan fingerprint density at radius 1 is 1.14 bits per heavy atom. The predicted octanol–water partition coefficient (Wildman–Crippen LogP) is 2.44. The summed E-state index contributed by atoms with van der Waals surface area (Å²) in [4.78, 5) is 12.0. The average Bonchev–Trinajstić information content (AvgIpc) is 2.55. The molecule has 0 aliphatic rings. The van der Waals surface area contributed by atoms with Crippen LogP contribution >= 0.6 is 0 Å². The van der Waals surface area contributed by atoms with E-state index < -0.39 is 0 Å². The molecule has 0 atom stereocenters. The van der Waals surface area contributed by atoms with Crippen LogP contribution in [0.1, 0.15) is 10.4 Å². The van der Waals surface area contributed by atoms with Crippen LogP contribution in [0.3, 0.4) is 0 Å². The molecule has 4 N–H and O–H groups in total. The molecule has 2 rings (SSSR count). The lowest BCUT2D eigenvalue weighted by Crippen LogP contribution is -2.20. The van der Waals surface area contributed by atoms with E-state index in [0.29, 0.717) is 17.0 Å².